The lowest BCUT2D eigenvalue weighted by atomic mass is 9.84. The summed E-state index contributed by atoms with van der Waals surface area (Å²) in [5, 5.41) is 0. The van der Waals surface area contributed by atoms with Crippen LogP contribution in [0.25, 0.3) is 0 Å². The zero-order chi connectivity index (χ0) is 30.9. The van der Waals surface area contributed by atoms with Gasteiger partial charge in [-0.2, -0.15) is 0 Å². The zero-order valence-corrected chi connectivity index (χ0v) is 25.6. The highest BCUT2D eigenvalue weighted by Crippen LogP contribution is 2.55. The first-order valence-corrected chi connectivity index (χ1v) is 14.9. The molecule has 0 N–H and O–H groups in total. The predicted molar refractivity (Wildman–Crippen MR) is 162 cm³/mol. The average molecular weight is 607 g/mol. The van der Waals surface area contributed by atoms with E-state index in [0.29, 0.717) is 28.4 Å². The SMILES string of the molecule is COc1ccc(C(C(=O)OCc2ccc(OC)cc2OC)C(C)(C)OP(=O)(Oc2ccccc2)Oc2ccccc2)cc1. The summed E-state index contributed by atoms with van der Waals surface area (Å²) in [7, 11) is 0.246. The number of hydrogen-bond donors (Lipinski definition) is 0. The van der Waals surface area contributed by atoms with E-state index in [9.17, 15) is 9.36 Å². The molecule has 0 saturated heterocycles. The summed E-state index contributed by atoms with van der Waals surface area (Å²) in [6.45, 7) is 3.17. The second kappa shape index (κ2) is 14.1. The maximum absolute atomic E-state index is 14.3. The van der Waals surface area contributed by atoms with Crippen molar-refractivity contribution >= 4 is 13.8 Å². The molecule has 9 nitrogen and oxygen atoms in total. The maximum Gasteiger partial charge on any atom is 0.588 e. The Bertz CT molecular complexity index is 1480. The van der Waals surface area contributed by atoms with Gasteiger partial charge in [-0.15, -0.1) is 0 Å². The lowest BCUT2D eigenvalue weighted by Gasteiger charge is -2.35. The van der Waals surface area contributed by atoms with Crippen molar-refractivity contribution < 1.29 is 41.9 Å². The van der Waals surface area contributed by atoms with E-state index in [0.717, 1.165) is 0 Å². The molecule has 0 spiro atoms. The van der Waals surface area contributed by atoms with Crippen molar-refractivity contribution in [2.24, 2.45) is 0 Å². The van der Waals surface area contributed by atoms with Crippen molar-refractivity contribution in [2.75, 3.05) is 21.3 Å². The monoisotopic (exact) mass is 606 g/mol. The Morgan fingerprint density at radius 3 is 1.74 bits per heavy atom. The minimum absolute atomic E-state index is 0.0899. The molecule has 4 rings (SSSR count). The van der Waals surface area contributed by atoms with Crippen LogP contribution >= 0.6 is 7.82 Å². The number of rotatable bonds is 14. The molecule has 0 aliphatic heterocycles. The van der Waals surface area contributed by atoms with Gasteiger partial charge >= 0.3 is 13.8 Å². The van der Waals surface area contributed by atoms with Crippen LogP contribution in [0, 0.1) is 0 Å². The summed E-state index contributed by atoms with van der Waals surface area (Å²) in [6, 6.07) is 29.2. The van der Waals surface area contributed by atoms with E-state index in [1.54, 1.807) is 131 Å². The van der Waals surface area contributed by atoms with Crippen molar-refractivity contribution in [3.05, 3.63) is 114 Å². The number of hydrogen-bond acceptors (Lipinski definition) is 9. The molecular formula is C33H35O9P. The molecule has 4 aromatic carbocycles. The maximum atomic E-state index is 14.3. The lowest BCUT2D eigenvalue weighted by molar-refractivity contribution is -0.152. The first-order chi connectivity index (χ1) is 20.7. The van der Waals surface area contributed by atoms with Crippen LogP contribution in [-0.2, 0) is 25.2 Å². The molecule has 0 radical (unpaired) electrons. The van der Waals surface area contributed by atoms with E-state index in [-0.39, 0.29) is 18.1 Å². The topological polar surface area (TPSA) is 98.8 Å². The Kier molecular flexibility index (Phi) is 10.3. The van der Waals surface area contributed by atoms with Crippen molar-refractivity contribution in [1.29, 1.82) is 0 Å². The predicted octanol–water partition coefficient (Wildman–Crippen LogP) is 7.60. The van der Waals surface area contributed by atoms with Crippen LogP contribution in [0.1, 0.15) is 30.9 Å². The van der Waals surface area contributed by atoms with Crippen LogP contribution in [0.3, 0.4) is 0 Å². The average Bonchev–Trinajstić information content (AvgIpc) is 3.00. The summed E-state index contributed by atoms with van der Waals surface area (Å²) in [4.78, 5) is 13.9. The molecule has 10 heteroatoms. The lowest BCUT2D eigenvalue weighted by Crippen LogP contribution is -2.38. The minimum atomic E-state index is -4.38. The van der Waals surface area contributed by atoms with Crippen molar-refractivity contribution in [3.8, 4) is 28.7 Å². The van der Waals surface area contributed by atoms with E-state index in [4.69, 9.17) is 32.5 Å². The molecule has 0 aliphatic carbocycles. The molecule has 0 amide bonds. The molecule has 1 atom stereocenters. The van der Waals surface area contributed by atoms with E-state index in [1.165, 1.54) is 7.11 Å². The fourth-order valence-electron chi connectivity index (χ4n) is 4.44. The molecule has 0 aliphatic rings. The largest absolute Gasteiger partial charge is 0.588 e. The molecule has 0 aromatic heterocycles. The van der Waals surface area contributed by atoms with Gasteiger partial charge in [0, 0.05) is 11.6 Å². The van der Waals surface area contributed by atoms with E-state index < -0.39 is 25.3 Å². The quantitative estimate of drug-likeness (QED) is 0.106. The number of carbonyl (C=O) groups is 1. The number of phosphoric acid groups is 1. The zero-order valence-electron chi connectivity index (χ0n) is 24.7. The smallest absolute Gasteiger partial charge is 0.497 e. The van der Waals surface area contributed by atoms with Crippen LogP contribution in [0.4, 0.5) is 0 Å². The fraction of sp³-hybridized carbons (Fsp3) is 0.242. The van der Waals surface area contributed by atoms with Crippen molar-refractivity contribution in [2.45, 2.75) is 32.0 Å². The summed E-state index contributed by atoms with van der Waals surface area (Å²) < 4.78 is 54.0. The number of carbonyl (C=O) groups excluding carboxylic acids is 1. The molecule has 1 unspecified atom stereocenters. The van der Waals surface area contributed by atoms with Crippen LogP contribution in [0.5, 0.6) is 28.7 Å². The van der Waals surface area contributed by atoms with Gasteiger partial charge in [0.15, 0.2) is 0 Å². The molecule has 226 valence electrons. The van der Waals surface area contributed by atoms with Gasteiger partial charge in [0.25, 0.3) is 0 Å². The van der Waals surface area contributed by atoms with E-state index >= 15 is 0 Å². The third-order valence-corrected chi connectivity index (χ3v) is 8.08. The summed E-state index contributed by atoms with van der Waals surface area (Å²) in [6.07, 6.45) is 0. The normalized spacial score (nSPS) is 12.1. The minimum Gasteiger partial charge on any atom is -0.497 e. The second-order valence-electron chi connectivity index (χ2n) is 9.94. The van der Waals surface area contributed by atoms with Crippen LogP contribution in [-0.4, -0.2) is 32.9 Å². The number of phosphoric ester groups is 1. The van der Waals surface area contributed by atoms with Gasteiger partial charge < -0.3 is 28.0 Å². The van der Waals surface area contributed by atoms with Gasteiger partial charge in [-0.3, -0.25) is 9.32 Å². The molecule has 43 heavy (non-hydrogen) atoms. The van der Waals surface area contributed by atoms with Gasteiger partial charge in [0.2, 0.25) is 0 Å². The second-order valence-corrected chi connectivity index (χ2v) is 11.4. The Morgan fingerprint density at radius 2 is 1.23 bits per heavy atom. The summed E-state index contributed by atoms with van der Waals surface area (Å²) in [5.41, 5.74) is -0.285. The fourth-order valence-corrected chi connectivity index (χ4v) is 5.99. The molecule has 0 bridgehead atoms. The first kappa shape index (κ1) is 31.5. The van der Waals surface area contributed by atoms with E-state index in [1.807, 2.05) is 0 Å². The van der Waals surface area contributed by atoms with Gasteiger partial charge in [0.1, 0.15) is 41.3 Å². The van der Waals surface area contributed by atoms with Crippen molar-refractivity contribution in [1.82, 2.24) is 0 Å². The van der Waals surface area contributed by atoms with Crippen LogP contribution < -0.4 is 23.3 Å². The van der Waals surface area contributed by atoms with Crippen LogP contribution in [0.15, 0.2) is 103 Å². The van der Waals surface area contributed by atoms with Gasteiger partial charge in [-0.25, -0.2) is 4.57 Å². The van der Waals surface area contributed by atoms with Gasteiger partial charge in [0.05, 0.1) is 26.9 Å². The standard InChI is InChI=1S/C33H35O9P/c1-33(2,42-43(35,40-27-12-8-6-9-13-27)41-28-14-10-7-11-15-28)31(24-16-19-26(36-3)20-17-24)32(34)39-23-25-18-21-29(37-4)22-30(25)38-5/h6-22,31H,23H2,1-5H3. The number of methoxy groups -OCH3 is 3. The molecule has 0 saturated carbocycles. The van der Waals surface area contributed by atoms with Crippen molar-refractivity contribution in [3.63, 3.8) is 0 Å². The first-order valence-electron chi connectivity index (χ1n) is 13.5. The number of ether oxygens (including phenoxy) is 4. The third-order valence-electron chi connectivity index (χ3n) is 6.51. The van der Waals surface area contributed by atoms with Crippen LogP contribution in [0.2, 0.25) is 0 Å². The molecule has 0 heterocycles. The third kappa shape index (κ3) is 8.31. The van der Waals surface area contributed by atoms with Gasteiger partial charge in [-0.05, 0) is 67.9 Å². The Balaban J connectivity index is 1.67. The number of benzene rings is 4. The highest BCUT2D eigenvalue weighted by molar-refractivity contribution is 7.49. The molecule has 0 fully saturated rings. The highest BCUT2D eigenvalue weighted by Gasteiger charge is 2.47. The number of para-hydroxylation sites is 2. The Morgan fingerprint density at radius 1 is 0.698 bits per heavy atom. The molecular weight excluding hydrogens is 571 g/mol. The highest BCUT2D eigenvalue weighted by atomic mass is 31.2. The number of esters is 1. The summed E-state index contributed by atoms with van der Waals surface area (Å²) in [5.74, 6) is 0.558. The Labute approximate surface area is 251 Å². The van der Waals surface area contributed by atoms with E-state index in [2.05, 4.69) is 0 Å². The Hall–Kier alpha value is -4.46. The molecule has 4 aromatic rings. The van der Waals surface area contributed by atoms with Gasteiger partial charge in [-0.1, -0.05) is 48.5 Å². The summed E-state index contributed by atoms with van der Waals surface area (Å²) >= 11 is 0.